The number of hydrogen-bond donors (Lipinski definition) is 2. The fraction of sp³-hybridized carbons (Fsp3) is 0. The maximum atomic E-state index is 12.9. The van der Waals surface area contributed by atoms with Gasteiger partial charge in [-0.25, -0.2) is 9.59 Å². The molecule has 156 valence electrons. The second-order valence-corrected chi connectivity index (χ2v) is 6.68. The van der Waals surface area contributed by atoms with Crippen molar-refractivity contribution >= 4 is 22.7 Å². The van der Waals surface area contributed by atoms with Gasteiger partial charge in [-0.05, 0) is 40.1 Å². The molecule has 0 saturated carbocycles. The van der Waals surface area contributed by atoms with Crippen molar-refractivity contribution in [3.05, 3.63) is 84.2 Å². The second-order valence-electron chi connectivity index (χ2n) is 6.68. The first-order chi connectivity index (χ1) is 15.7. The Bertz CT molecular complexity index is 1410. The Kier molecular flexibility index (Phi) is 4.85. The third kappa shape index (κ3) is 3.67. The number of aromatic nitrogens is 6. The van der Waals surface area contributed by atoms with E-state index in [2.05, 4.69) is 30.8 Å². The van der Waals surface area contributed by atoms with Crippen molar-refractivity contribution in [1.82, 2.24) is 30.8 Å². The highest BCUT2D eigenvalue weighted by molar-refractivity contribution is 6.06. The van der Waals surface area contributed by atoms with E-state index in [9.17, 15) is 9.59 Å². The molecule has 5 aromatic rings. The minimum Gasteiger partial charge on any atom is -0.400 e. The van der Waals surface area contributed by atoms with Gasteiger partial charge < -0.3 is 9.47 Å². The van der Waals surface area contributed by atoms with Crippen LogP contribution in [0, 0.1) is 0 Å². The van der Waals surface area contributed by atoms with Crippen LogP contribution in [-0.4, -0.2) is 42.8 Å². The van der Waals surface area contributed by atoms with Crippen LogP contribution >= 0.6 is 0 Å². The van der Waals surface area contributed by atoms with Gasteiger partial charge in [-0.15, -0.1) is 10.2 Å². The number of hydrogen-bond acceptors (Lipinski definition) is 8. The second kappa shape index (κ2) is 8.11. The van der Waals surface area contributed by atoms with Gasteiger partial charge in [0.25, 0.3) is 11.8 Å². The van der Waals surface area contributed by atoms with Crippen LogP contribution in [0.15, 0.2) is 73.1 Å². The highest BCUT2D eigenvalue weighted by Crippen LogP contribution is 2.32. The number of nitrogens with one attached hydrogen (secondary N) is 2. The molecule has 0 spiro atoms. The van der Waals surface area contributed by atoms with E-state index in [1.807, 2.05) is 42.5 Å². The molecule has 2 heterocycles. The predicted octanol–water partition coefficient (Wildman–Crippen LogP) is 3.18. The van der Waals surface area contributed by atoms with E-state index in [0.717, 1.165) is 16.3 Å². The lowest BCUT2D eigenvalue weighted by molar-refractivity contribution is 0.0713. The first-order valence-corrected chi connectivity index (χ1v) is 9.47. The average molecular weight is 426 g/mol. The Labute approximate surface area is 180 Å². The number of H-pyrrole nitrogens is 2. The number of nitrogens with zero attached hydrogens (tertiary/aromatic N) is 4. The van der Waals surface area contributed by atoms with E-state index in [1.54, 1.807) is 6.07 Å². The molecule has 0 aliphatic rings. The van der Waals surface area contributed by atoms with E-state index in [4.69, 9.17) is 9.47 Å². The molecule has 2 N–H and O–H groups in total. The van der Waals surface area contributed by atoms with Crippen LogP contribution in [0.4, 0.5) is 0 Å². The largest absolute Gasteiger partial charge is 0.400 e. The molecule has 0 radical (unpaired) electrons. The summed E-state index contributed by atoms with van der Waals surface area (Å²) in [6.07, 6.45) is 2.58. The number of rotatable bonds is 5. The summed E-state index contributed by atoms with van der Waals surface area (Å²) in [6.45, 7) is 0. The molecule has 0 amide bonds. The van der Waals surface area contributed by atoms with Gasteiger partial charge in [-0.1, -0.05) is 42.5 Å². The molecule has 10 nitrogen and oxygen atoms in total. The maximum Gasteiger partial charge on any atom is 0.345 e. The number of esters is 2. The summed E-state index contributed by atoms with van der Waals surface area (Å²) in [5.41, 5.74) is 1.74. The van der Waals surface area contributed by atoms with E-state index < -0.39 is 11.9 Å². The van der Waals surface area contributed by atoms with Gasteiger partial charge in [0.05, 0.1) is 11.1 Å². The molecule has 0 fully saturated rings. The van der Waals surface area contributed by atoms with E-state index in [0.29, 0.717) is 5.56 Å². The van der Waals surface area contributed by atoms with Crippen LogP contribution in [0.2, 0.25) is 0 Å². The fourth-order valence-electron chi connectivity index (χ4n) is 3.32. The fourth-order valence-corrected chi connectivity index (χ4v) is 3.32. The Balaban J connectivity index is 1.61. The standard InChI is InChI=1S/C22H14N6O4/c29-21(31-19-11-23-27-25-19)14-8-9-17(22(30)32-20-12-24-28-26-20)18(10-14)16-7-3-5-13-4-1-2-6-15(13)16/h1-12H,(H,23,25,27)(H,24,26,28). The molecule has 0 atom stereocenters. The van der Waals surface area contributed by atoms with Crippen molar-refractivity contribution in [2.45, 2.75) is 0 Å². The SMILES string of the molecule is O=C(Oc1cn[nH]n1)c1ccc(C(=O)Oc2cn[nH]n2)c(-c2cccc3ccccc23)c1. The lowest BCUT2D eigenvalue weighted by atomic mass is 9.93. The van der Waals surface area contributed by atoms with E-state index >= 15 is 0 Å². The van der Waals surface area contributed by atoms with Gasteiger partial charge in [-0.3, -0.25) is 0 Å². The zero-order valence-corrected chi connectivity index (χ0v) is 16.4. The van der Waals surface area contributed by atoms with Crippen LogP contribution < -0.4 is 9.47 Å². The Morgan fingerprint density at radius 3 is 2.12 bits per heavy atom. The number of aromatic amines is 2. The van der Waals surface area contributed by atoms with Gasteiger partial charge in [0.15, 0.2) is 0 Å². The topological polar surface area (TPSA) is 136 Å². The van der Waals surface area contributed by atoms with Crippen molar-refractivity contribution in [2.75, 3.05) is 0 Å². The summed E-state index contributed by atoms with van der Waals surface area (Å²) in [4.78, 5) is 25.6. The minimum atomic E-state index is -0.642. The van der Waals surface area contributed by atoms with Crippen LogP contribution in [0.1, 0.15) is 20.7 Å². The first kappa shape index (κ1) is 19.1. The van der Waals surface area contributed by atoms with Crippen molar-refractivity contribution in [1.29, 1.82) is 0 Å². The highest BCUT2D eigenvalue weighted by atomic mass is 16.5. The van der Waals surface area contributed by atoms with Crippen LogP contribution in [0.5, 0.6) is 11.8 Å². The lowest BCUT2D eigenvalue weighted by Gasteiger charge is -2.13. The maximum absolute atomic E-state index is 12.9. The summed E-state index contributed by atoms with van der Waals surface area (Å²) < 4.78 is 10.5. The number of carbonyl (C=O) groups is 2. The molecule has 0 bridgehead atoms. The first-order valence-electron chi connectivity index (χ1n) is 9.47. The number of benzene rings is 3. The normalized spacial score (nSPS) is 10.8. The molecular formula is C22H14N6O4. The molecule has 0 unspecified atom stereocenters. The quantitative estimate of drug-likeness (QED) is 0.409. The van der Waals surface area contributed by atoms with Gasteiger partial charge >= 0.3 is 11.9 Å². The number of fused-ring (bicyclic) bond motifs is 1. The summed E-state index contributed by atoms with van der Waals surface area (Å²) in [6, 6.07) is 18.0. The monoisotopic (exact) mass is 426 g/mol. The van der Waals surface area contributed by atoms with E-state index in [1.165, 1.54) is 24.5 Å². The molecular weight excluding hydrogens is 412 g/mol. The molecule has 0 aliphatic heterocycles. The van der Waals surface area contributed by atoms with Crippen molar-refractivity contribution in [3.8, 4) is 22.9 Å². The smallest absolute Gasteiger partial charge is 0.345 e. The van der Waals surface area contributed by atoms with E-state index in [-0.39, 0.29) is 22.9 Å². The van der Waals surface area contributed by atoms with Crippen LogP contribution in [0.3, 0.4) is 0 Å². The van der Waals surface area contributed by atoms with Crippen molar-refractivity contribution < 1.29 is 19.1 Å². The molecule has 3 aromatic carbocycles. The third-order valence-electron chi connectivity index (χ3n) is 4.74. The molecule has 10 heteroatoms. The third-order valence-corrected chi connectivity index (χ3v) is 4.74. The Morgan fingerprint density at radius 2 is 1.41 bits per heavy atom. The Hall–Kier alpha value is -4.86. The molecule has 5 rings (SSSR count). The molecule has 0 saturated heterocycles. The zero-order valence-electron chi connectivity index (χ0n) is 16.4. The summed E-state index contributed by atoms with van der Waals surface area (Å²) in [5, 5.41) is 21.4. The van der Waals surface area contributed by atoms with Crippen LogP contribution in [0.25, 0.3) is 21.9 Å². The van der Waals surface area contributed by atoms with Gasteiger partial charge in [-0.2, -0.15) is 20.6 Å². The lowest BCUT2D eigenvalue weighted by Crippen LogP contribution is -2.13. The highest BCUT2D eigenvalue weighted by Gasteiger charge is 2.21. The Morgan fingerprint density at radius 1 is 0.719 bits per heavy atom. The zero-order chi connectivity index (χ0) is 21.9. The molecule has 32 heavy (non-hydrogen) atoms. The van der Waals surface area contributed by atoms with Crippen LogP contribution in [-0.2, 0) is 0 Å². The molecule has 2 aromatic heterocycles. The molecule has 0 aliphatic carbocycles. The summed E-state index contributed by atoms with van der Waals surface area (Å²) in [7, 11) is 0. The van der Waals surface area contributed by atoms with Crippen molar-refractivity contribution in [3.63, 3.8) is 0 Å². The predicted molar refractivity (Wildman–Crippen MR) is 112 cm³/mol. The number of carbonyl (C=O) groups excluding carboxylic acids is 2. The van der Waals surface area contributed by atoms with Gasteiger partial charge in [0.1, 0.15) is 12.4 Å². The minimum absolute atomic E-state index is 0.0355. The summed E-state index contributed by atoms with van der Waals surface area (Å²) in [5.74, 6) is -1.21. The number of ether oxygens (including phenoxy) is 2. The van der Waals surface area contributed by atoms with Crippen molar-refractivity contribution in [2.24, 2.45) is 0 Å². The van der Waals surface area contributed by atoms with Gasteiger partial charge in [0.2, 0.25) is 0 Å². The van der Waals surface area contributed by atoms with Gasteiger partial charge in [0, 0.05) is 0 Å². The average Bonchev–Trinajstić information content (AvgIpc) is 3.53. The summed E-state index contributed by atoms with van der Waals surface area (Å²) >= 11 is 0.